The Morgan fingerprint density at radius 3 is 2.77 bits per heavy atom. The third-order valence-corrected chi connectivity index (χ3v) is 5.11. The molecule has 2 heterocycles. The first-order valence-electron chi connectivity index (χ1n) is 7.48. The lowest BCUT2D eigenvalue weighted by Gasteiger charge is -2.19. The fourth-order valence-corrected chi connectivity index (χ4v) is 3.13. The summed E-state index contributed by atoms with van der Waals surface area (Å²) in [4.78, 5) is 17.7. The Balaban J connectivity index is 2.11. The molecule has 0 N–H and O–H groups in total. The van der Waals surface area contributed by atoms with Gasteiger partial charge in [-0.2, -0.15) is 14.7 Å². The number of nitriles is 1. The van der Waals surface area contributed by atoms with Crippen LogP contribution < -0.4 is 4.90 Å². The van der Waals surface area contributed by atoms with E-state index < -0.39 is 10.0 Å². The molecule has 11 heteroatoms. The van der Waals surface area contributed by atoms with Gasteiger partial charge in [0.1, 0.15) is 12.2 Å². The highest BCUT2D eigenvalue weighted by atomic mass is 35.5. The third-order valence-electron chi connectivity index (χ3n) is 3.59. The van der Waals surface area contributed by atoms with Gasteiger partial charge in [0, 0.05) is 26.2 Å². The van der Waals surface area contributed by atoms with Crippen LogP contribution in [-0.4, -0.2) is 59.8 Å². The quantitative estimate of drug-likeness (QED) is 0.647. The molecule has 0 radical (unpaired) electrons. The van der Waals surface area contributed by atoms with Gasteiger partial charge in [0.15, 0.2) is 5.15 Å². The summed E-state index contributed by atoms with van der Waals surface area (Å²) in [5, 5.41) is 13.0. The number of halogens is 1. The number of amides is 1. The number of rotatable bonds is 7. The molecular formula is C15H17ClN6O3S. The van der Waals surface area contributed by atoms with Crippen molar-refractivity contribution in [3.63, 3.8) is 0 Å². The average molecular weight is 397 g/mol. The van der Waals surface area contributed by atoms with E-state index in [1.165, 1.54) is 16.6 Å². The summed E-state index contributed by atoms with van der Waals surface area (Å²) in [5.41, 5.74) is 1.06. The molecule has 0 unspecified atom stereocenters. The summed E-state index contributed by atoms with van der Waals surface area (Å²) < 4.78 is 25.6. The molecule has 0 aromatic carbocycles. The summed E-state index contributed by atoms with van der Waals surface area (Å²) in [6.07, 6.45) is 5.70. The standard InChI is InChI=1S/C15H17ClN6O3S/c1-20(14(23)5-8-21(9-6-17)26(2,24)25)13-11-22(19-15(13)16)12-4-3-7-18-10-12/h3-4,7,10-11H,5,8-9H2,1-2H3. The summed E-state index contributed by atoms with van der Waals surface area (Å²) in [5.74, 6) is -0.357. The van der Waals surface area contributed by atoms with Crippen molar-refractivity contribution in [1.82, 2.24) is 19.1 Å². The second kappa shape index (κ2) is 8.27. The number of hydrogen-bond acceptors (Lipinski definition) is 6. The Morgan fingerprint density at radius 1 is 1.46 bits per heavy atom. The molecule has 0 spiro atoms. The van der Waals surface area contributed by atoms with Gasteiger partial charge in [-0.1, -0.05) is 11.6 Å². The zero-order chi connectivity index (χ0) is 19.3. The highest BCUT2D eigenvalue weighted by Crippen LogP contribution is 2.25. The Hall–Kier alpha value is -2.48. The van der Waals surface area contributed by atoms with Crippen LogP contribution in [0.1, 0.15) is 6.42 Å². The molecule has 9 nitrogen and oxygen atoms in total. The van der Waals surface area contributed by atoms with Crippen LogP contribution in [0.3, 0.4) is 0 Å². The van der Waals surface area contributed by atoms with Gasteiger partial charge in [0.25, 0.3) is 0 Å². The van der Waals surface area contributed by atoms with Crippen LogP contribution in [-0.2, 0) is 14.8 Å². The maximum Gasteiger partial charge on any atom is 0.228 e. The highest BCUT2D eigenvalue weighted by molar-refractivity contribution is 7.88. The summed E-state index contributed by atoms with van der Waals surface area (Å²) in [6.45, 7) is -0.403. The Bertz CT molecular complexity index is 923. The first-order chi connectivity index (χ1) is 12.2. The van der Waals surface area contributed by atoms with Crippen molar-refractivity contribution in [3.8, 4) is 11.8 Å². The van der Waals surface area contributed by atoms with Crippen LogP contribution in [0.2, 0.25) is 5.15 Å². The molecule has 0 aliphatic heterocycles. The zero-order valence-electron chi connectivity index (χ0n) is 14.2. The third kappa shape index (κ3) is 4.78. The van der Waals surface area contributed by atoms with Crippen LogP contribution in [0, 0.1) is 11.3 Å². The van der Waals surface area contributed by atoms with Gasteiger partial charge in [-0.15, -0.1) is 0 Å². The minimum Gasteiger partial charge on any atom is -0.311 e. The normalized spacial score (nSPS) is 11.3. The maximum atomic E-state index is 12.4. The summed E-state index contributed by atoms with van der Waals surface area (Å²) in [7, 11) is -2.04. The van der Waals surface area contributed by atoms with E-state index in [1.54, 1.807) is 36.8 Å². The Labute approximate surface area is 156 Å². The van der Waals surface area contributed by atoms with Gasteiger partial charge in [0.05, 0.1) is 30.4 Å². The van der Waals surface area contributed by atoms with E-state index in [0.29, 0.717) is 11.4 Å². The number of pyridine rings is 1. The average Bonchev–Trinajstić information content (AvgIpc) is 2.99. The van der Waals surface area contributed by atoms with Crippen molar-refractivity contribution in [2.24, 2.45) is 0 Å². The summed E-state index contributed by atoms with van der Waals surface area (Å²) >= 11 is 6.12. The Kier molecular flexibility index (Phi) is 6.31. The van der Waals surface area contributed by atoms with Crippen molar-refractivity contribution in [1.29, 1.82) is 5.26 Å². The monoisotopic (exact) mass is 396 g/mol. The highest BCUT2D eigenvalue weighted by Gasteiger charge is 2.21. The van der Waals surface area contributed by atoms with E-state index in [0.717, 1.165) is 10.6 Å². The van der Waals surface area contributed by atoms with Gasteiger partial charge in [-0.3, -0.25) is 9.78 Å². The molecule has 0 aliphatic carbocycles. The van der Waals surface area contributed by atoms with Crippen LogP contribution >= 0.6 is 11.6 Å². The van der Waals surface area contributed by atoms with E-state index in [4.69, 9.17) is 16.9 Å². The van der Waals surface area contributed by atoms with Crippen LogP contribution in [0.15, 0.2) is 30.7 Å². The molecular weight excluding hydrogens is 380 g/mol. The molecule has 2 aromatic heterocycles. The molecule has 138 valence electrons. The van der Waals surface area contributed by atoms with E-state index in [1.807, 2.05) is 0 Å². The molecule has 0 saturated heterocycles. The predicted molar refractivity (Wildman–Crippen MR) is 96.4 cm³/mol. The van der Waals surface area contributed by atoms with Crippen molar-refractivity contribution in [3.05, 3.63) is 35.9 Å². The van der Waals surface area contributed by atoms with Gasteiger partial charge in [-0.05, 0) is 12.1 Å². The molecule has 0 saturated carbocycles. The first kappa shape index (κ1) is 19.8. The van der Waals surface area contributed by atoms with Crippen LogP contribution in [0.25, 0.3) is 5.69 Å². The number of carbonyl (C=O) groups excluding carboxylic acids is 1. The van der Waals surface area contributed by atoms with Crippen LogP contribution in [0.5, 0.6) is 0 Å². The molecule has 0 bridgehead atoms. The second-order valence-electron chi connectivity index (χ2n) is 5.42. The van der Waals surface area contributed by atoms with Crippen LogP contribution in [0.4, 0.5) is 5.69 Å². The SMILES string of the molecule is CN(C(=O)CCN(CC#N)S(C)(=O)=O)c1cn(-c2cccnc2)nc1Cl. The minimum atomic E-state index is -3.56. The largest absolute Gasteiger partial charge is 0.311 e. The number of nitrogens with zero attached hydrogens (tertiary/aromatic N) is 6. The number of carbonyl (C=O) groups is 1. The fourth-order valence-electron chi connectivity index (χ4n) is 2.15. The lowest BCUT2D eigenvalue weighted by Crippen LogP contribution is -2.35. The molecule has 0 fully saturated rings. The number of aromatic nitrogens is 3. The molecule has 0 atom stereocenters. The fraction of sp³-hybridized carbons (Fsp3) is 0.333. The van der Waals surface area contributed by atoms with E-state index in [9.17, 15) is 13.2 Å². The number of anilines is 1. The Morgan fingerprint density at radius 2 is 2.19 bits per heavy atom. The lowest BCUT2D eigenvalue weighted by molar-refractivity contribution is -0.118. The maximum absolute atomic E-state index is 12.4. The smallest absolute Gasteiger partial charge is 0.228 e. The molecule has 26 heavy (non-hydrogen) atoms. The number of sulfonamides is 1. The molecule has 2 rings (SSSR count). The second-order valence-corrected chi connectivity index (χ2v) is 7.76. The summed E-state index contributed by atoms with van der Waals surface area (Å²) in [6, 6.07) is 5.30. The molecule has 1 amide bonds. The zero-order valence-corrected chi connectivity index (χ0v) is 15.8. The van der Waals surface area contributed by atoms with Gasteiger partial charge in [-0.25, -0.2) is 13.1 Å². The van der Waals surface area contributed by atoms with Gasteiger partial charge >= 0.3 is 0 Å². The first-order valence-corrected chi connectivity index (χ1v) is 9.71. The minimum absolute atomic E-state index is 0.0933. The lowest BCUT2D eigenvalue weighted by atomic mass is 10.3. The molecule has 2 aromatic rings. The van der Waals surface area contributed by atoms with Crippen molar-refractivity contribution < 1.29 is 13.2 Å². The molecule has 0 aliphatic rings. The van der Waals surface area contributed by atoms with E-state index >= 15 is 0 Å². The van der Waals surface area contributed by atoms with E-state index in [2.05, 4.69) is 10.1 Å². The number of hydrogen-bond donors (Lipinski definition) is 0. The van der Waals surface area contributed by atoms with Crippen molar-refractivity contribution in [2.45, 2.75) is 6.42 Å². The predicted octanol–water partition coefficient (Wildman–Crippen LogP) is 1.06. The van der Waals surface area contributed by atoms with Gasteiger partial charge in [0.2, 0.25) is 15.9 Å². The van der Waals surface area contributed by atoms with Crippen molar-refractivity contribution >= 4 is 33.2 Å². The van der Waals surface area contributed by atoms with Crippen molar-refractivity contribution in [2.75, 3.05) is 31.3 Å². The topological polar surface area (TPSA) is 112 Å². The van der Waals surface area contributed by atoms with E-state index in [-0.39, 0.29) is 30.6 Å². The van der Waals surface area contributed by atoms with Gasteiger partial charge < -0.3 is 4.90 Å².